The quantitative estimate of drug-likeness (QED) is 0.478. The molecular formula is C16H17NO6. The summed E-state index contributed by atoms with van der Waals surface area (Å²) in [5.74, 6) is -0.957. The van der Waals surface area contributed by atoms with E-state index < -0.39 is 24.1 Å². The van der Waals surface area contributed by atoms with Crippen molar-refractivity contribution >= 4 is 18.0 Å². The van der Waals surface area contributed by atoms with Crippen LogP contribution >= 0.6 is 0 Å². The number of hydrogen-bond donors (Lipinski definition) is 5. The van der Waals surface area contributed by atoms with Gasteiger partial charge in [-0.05, 0) is 11.1 Å². The van der Waals surface area contributed by atoms with Crippen molar-refractivity contribution in [3.63, 3.8) is 0 Å². The third-order valence-corrected chi connectivity index (χ3v) is 3.03. The standard InChI is InChI=1S/C12H11N.C4H6O6/c1-2-9-13-12-8-7-10-5-3-4-6-11(10)12;5-1(3(7)8)2(6)4(9)10/h1,3-8,12-13H,9H2;1-2,5-6H,(H,7,8)(H,9,10)/t12-;/m1./s1. The molecule has 5 N–H and O–H groups in total. The molecule has 0 aromatic heterocycles. The highest BCUT2D eigenvalue weighted by Gasteiger charge is 2.29. The number of aliphatic hydroxyl groups is 2. The number of aliphatic carboxylic acids is 2. The second kappa shape index (κ2) is 8.70. The molecule has 2 unspecified atom stereocenters. The summed E-state index contributed by atoms with van der Waals surface area (Å²) >= 11 is 0. The monoisotopic (exact) mass is 319 g/mol. The lowest BCUT2D eigenvalue weighted by Gasteiger charge is -2.10. The van der Waals surface area contributed by atoms with Crippen LogP contribution in [0.1, 0.15) is 17.2 Å². The van der Waals surface area contributed by atoms with Crippen LogP contribution in [0.4, 0.5) is 0 Å². The van der Waals surface area contributed by atoms with Gasteiger partial charge in [-0.2, -0.15) is 0 Å². The SMILES string of the molecule is C#CCN[C@@H]1C=Cc2ccccc21.O=C(O)C(O)C(O)C(=O)O. The predicted molar refractivity (Wildman–Crippen MR) is 82.3 cm³/mol. The Kier molecular flexibility index (Phi) is 6.96. The summed E-state index contributed by atoms with van der Waals surface area (Å²) in [6.45, 7) is 0.614. The molecule has 0 amide bonds. The molecule has 122 valence electrons. The van der Waals surface area contributed by atoms with Crippen molar-refractivity contribution in [1.29, 1.82) is 0 Å². The Balaban J connectivity index is 0.000000241. The number of carboxylic acid groups (broad SMARTS) is 2. The second-order valence-corrected chi connectivity index (χ2v) is 4.62. The molecule has 7 nitrogen and oxygen atoms in total. The minimum Gasteiger partial charge on any atom is -0.479 e. The first kappa shape index (κ1) is 18.4. The van der Waals surface area contributed by atoms with E-state index in [1.807, 2.05) is 6.07 Å². The Morgan fingerprint density at radius 2 is 1.74 bits per heavy atom. The van der Waals surface area contributed by atoms with Crippen molar-refractivity contribution in [2.24, 2.45) is 0 Å². The van der Waals surface area contributed by atoms with Gasteiger partial charge in [0.2, 0.25) is 0 Å². The number of aliphatic hydroxyl groups excluding tert-OH is 2. The predicted octanol–water partition coefficient (Wildman–Crippen LogP) is -0.145. The summed E-state index contributed by atoms with van der Waals surface area (Å²) in [5.41, 5.74) is 2.61. The van der Waals surface area contributed by atoms with Crippen LogP contribution in [0.5, 0.6) is 0 Å². The molecule has 1 aliphatic rings. The number of nitrogens with one attached hydrogen (secondary N) is 1. The number of terminal acetylenes is 1. The summed E-state index contributed by atoms with van der Waals surface area (Å²) < 4.78 is 0. The van der Waals surface area contributed by atoms with Gasteiger partial charge in [-0.3, -0.25) is 5.32 Å². The average molecular weight is 319 g/mol. The molecule has 1 aliphatic carbocycles. The molecule has 0 saturated carbocycles. The van der Waals surface area contributed by atoms with Gasteiger partial charge in [0.1, 0.15) is 0 Å². The van der Waals surface area contributed by atoms with E-state index in [-0.39, 0.29) is 0 Å². The molecular weight excluding hydrogens is 302 g/mol. The van der Waals surface area contributed by atoms with Gasteiger partial charge < -0.3 is 20.4 Å². The molecule has 3 atom stereocenters. The van der Waals surface area contributed by atoms with E-state index >= 15 is 0 Å². The molecule has 0 saturated heterocycles. The van der Waals surface area contributed by atoms with Crippen molar-refractivity contribution in [1.82, 2.24) is 5.32 Å². The Morgan fingerprint density at radius 1 is 1.17 bits per heavy atom. The number of carbonyl (C=O) groups is 2. The first-order valence-corrected chi connectivity index (χ1v) is 6.64. The van der Waals surface area contributed by atoms with Crippen molar-refractivity contribution in [3.8, 4) is 12.3 Å². The topological polar surface area (TPSA) is 127 Å². The average Bonchev–Trinajstić information content (AvgIpc) is 2.95. The molecule has 1 aromatic rings. The van der Waals surface area contributed by atoms with Crippen LogP contribution in [-0.2, 0) is 9.59 Å². The van der Waals surface area contributed by atoms with Gasteiger partial charge in [0, 0.05) is 0 Å². The maximum absolute atomic E-state index is 9.77. The van der Waals surface area contributed by atoms with E-state index in [0.717, 1.165) is 0 Å². The van der Waals surface area contributed by atoms with Crippen LogP contribution in [0.3, 0.4) is 0 Å². The first-order chi connectivity index (χ1) is 10.9. The van der Waals surface area contributed by atoms with Gasteiger partial charge in [-0.25, -0.2) is 9.59 Å². The van der Waals surface area contributed by atoms with Gasteiger partial charge in [-0.1, -0.05) is 42.3 Å². The van der Waals surface area contributed by atoms with Crippen LogP contribution in [0.2, 0.25) is 0 Å². The maximum Gasteiger partial charge on any atom is 0.335 e. The van der Waals surface area contributed by atoms with E-state index in [9.17, 15) is 9.59 Å². The second-order valence-electron chi connectivity index (χ2n) is 4.62. The number of benzene rings is 1. The lowest BCUT2D eigenvalue weighted by Crippen LogP contribution is -2.39. The molecule has 7 heteroatoms. The van der Waals surface area contributed by atoms with Crippen molar-refractivity contribution in [3.05, 3.63) is 41.5 Å². The minimum absolute atomic E-state index is 0.298. The Hall–Kier alpha value is -2.66. The lowest BCUT2D eigenvalue weighted by molar-refractivity contribution is -0.165. The molecule has 0 spiro atoms. The number of rotatable bonds is 5. The van der Waals surface area contributed by atoms with Crippen LogP contribution in [-0.4, -0.2) is 51.1 Å². The fraction of sp³-hybridized carbons (Fsp3) is 0.250. The molecule has 0 radical (unpaired) electrons. The summed E-state index contributed by atoms with van der Waals surface area (Å²) in [6.07, 6.45) is 4.93. The van der Waals surface area contributed by atoms with Gasteiger partial charge in [0.05, 0.1) is 12.6 Å². The molecule has 0 heterocycles. The third kappa shape index (κ3) is 5.23. The Bertz CT molecular complexity index is 616. The van der Waals surface area contributed by atoms with Crippen LogP contribution < -0.4 is 5.32 Å². The van der Waals surface area contributed by atoms with Crippen molar-refractivity contribution < 1.29 is 30.0 Å². The lowest BCUT2D eigenvalue weighted by atomic mass is 10.1. The van der Waals surface area contributed by atoms with E-state index in [4.69, 9.17) is 26.8 Å². The summed E-state index contributed by atoms with van der Waals surface area (Å²) in [5, 5.41) is 35.8. The summed E-state index contributed by atoms with van der Waals surface area (Å²) in [4.78, 5) is 19.5. The van der Waals surface area contributed by atoms with Crippen LogP contribution in [0.25, 0.3) is 6.08 Å². The molecule has 2 rings (SSSR count). The molecule has 0 bridgehead atoms. The van der Waals surface area contributed by atoms with Gasteiger partial charge >= 0.3 is 11.9 Å². The van der Waals surface area contributed by atoms with Crippen LogP contribution in [0, 0.1) is 12.3 Å². The van der Waals surface area contributed by atoms with Crippen LogP contribution in [0.15, 0.2) is 30.3 Å². The molecule has 1 aromatic carbocycles. The van der Waals surface area contributed by atoms with E-state index in [1.54, 1.807) is 0 Å². The zero-order chi connectivity index (χ0) is 17.4. The van der Waals surface area contributed by atoms with E-state index in [0.29, 0.717) is 12.6 Å². The number of hydrogen-bond acceptors (Lipinski definition) is 5. The minimum atomic E-state index is -2.27. The smallest absolute Gasteiger partial charge is 0.335 e. The highest BCUT2D eigenvalue weighted by molar-refractivity contribution is 5.83. The molecule has 0 aliphatic heterocycles. The van der Waals surface area contributed by atoms with Crippen molar-refractivity contribution in [2.75, 3.05) is 6.54 Å². The zero-order valence-electron chi connectivity index (χ0n) is 12.1. The van der Waals surface area contributed by atoms with E-state index in [1.165, 1.54) is 11.1 Å². The maximum atomic E-state index is 9.77. The number of fused-ring (bicyclic) bond motifs is 1. The zero-order valence-corrected chi connectivity index (χ0v) is 12.1. The normalized spacial score (nSPS) is 17.2. The highest BCUT2D eigenvalue weighted by Crippen LogP contribution is 2.27. The Morgan fingerprint density at radius 3 is 2.26 bits per heavy atom. The molecule has 23 heavy (non-hydrogen) atoms. The molecule has 0 fully saturated rings. The highest BCUT2D eigenvalue weighted by atomic mass is 16.4. The first-order valence-electron chi connectivity index (χ1n) is 6.64. The summed E-state index contributed by atoms with van der Waals surface area (Å²) in [6, 6.07) is 8.64. The number of carboxylic acids is 2. The van der Waals surface area contributed by atoms with Gasteiger partial charge in [0.15, 0.2) is 12.2 Å². The Labute approximate surface area is 132 Å². The summed E-state index contributed by atoms with van der Waals surface area (Å²) in [7, 11) is 0. The van der Waals surface area contributed by atoms with Crippen molar-refractivity contribution in [2.45, 2.75) is 18.2 Å². The van der Waals surface area contributed by atoms with E-state index in [2.05, 4.69) is 41.6 Å². The fourth-order valence-electron chi connectivity index (χ4n) is 1.87. The fourth-order valence-corrected chi connectivity index (χ4v) is 1.87. The largest absolute Gasteiger partial charge is 0.479 e. The van der Waals surface area contributed by atoms with Gasteiger partial charge in [0.25, 0.3) is 0 Å². The third-order valence-electron chi connectivity index (χ3n) is 3.03. The van der Waals surface area contributed by atoms with Gasteiger partial charge in [-0.15, -0.1) is 6.42 Å².